The molecule has 0 amide bonds. The first kappa shape index (κ1) is 12.5. The molecular weight excluding hydrogens is 210 g/mol. The molecule has 5 heteroatoms. The third-order valence-electron chi connectivity index (χ3n) is 2.42. The van der Waals surface area contributed by atoms with E-state index in [1.54, 1.807) is 24.3 Å². The van der Waals surface area contributed by atoms with E-state index in [1.807, 2.05) is 4.57 Å². The monoisotopic (exact) mass is 229 g/mol. The molecule has 0 aliphatic carbocycles. The number of aliphatic hydroxyl groups excluding tert-OH is 1. The third kappa shape index (κ3) is 3.22. The van der Waals surface area contributed by atoms with Crippen molar-refractivity contribution in [3.05, 3.63) is 18.2 Å². The van der Waals surface area contributed by atoms with Crippen LogP contribution in [0.15, 0.2) is 12.5 Å². The molecule has 0 aliphatic heterocycles. The average Bonchev–Trinajstić information content (AvgIpc) is 2.64. The van der Waals surface area contributed by atoms with Crippen LogP contribution in [0.2, 0.25) is 0 Å². The zero-order valence-electron chi connectivity index (χ0n) is 9.47. The summed E-state index contributed by atoms with van der Waals surface area (Å²) in [5.74, 6) is 0. The Labute approximate surface area is 94.9 Å². The van der Waals surface area contributed by atoms with E-state index in [1.165, 1.54) is 0 Å². The summed E-state index contributed by atoms with van der Waals surface area (Å²) in [6.45, 7) is 5.14. The van der Waals surface area contributed by atoms with Gasteiger partial charge in [-0.3, -0.25) is 0 Å². The number of rotatable bonds is 5. The van der Waals surface area contributed by atoms with Crippen molar-refractivity contribution in [3.63, 3.8) is 0 Å². The van der Waals surface area contributed by atoms with E-state index in [2.05, 4.69) is 25.1 Å². The fourth-order valence-corrected chi connectivity index (χ4v) is 1.61. The molecule has 3 N–H and O–H groups in total. The van der Waals surface area contributed by atoms with Gasteiger partial charge in [0.15, 0.2) is 0 Å². The van der Waals surface area contributed by atoms with E-state index in [4.69, 9.17) is 10.8 Å². The molecule has 0 aliphatic rings. The highest BCUT2D eigenvalue weighted by atomic mass is 32.2. The van der Waals surface area contributed by atoms with Gasteiger partial charge in [0, 0.05) is 17.5 Å². The topological polar surface area (TPSA) is 64.1 Å². The Hall–Kier alpha value is -0.520. The van der Waals surface area contributed by atoms with Gasteiger partial charge in [-0.2, -0.15) is 11.8 Å². The van der Waals surface area contributed by atoms with Crippen molar-refractivity contribution in [2.45, 2.75) is 31.2 Å². The van der Waals surface area contributed by atoms with Crippen LogP contribution in [-0.2, 0) is 6.54 Å². The van der Waals surface area contributed by atoms with Crippen molar-refractivity contribution in [2.24, 2.45) is 5.73 Å². The molecule has 86 valence electrons. The highest BCUT2D eigenvalue weighted by molar-refractivity contribution is 7.99. The van der Waals surface area contributed by atoms with Crippen LogP contribution in [0, 0.1) is 0 Å². The van der Waals surface area contributed by atoms with E-state index in [0.717, 1.165) is 12.2 Å². The van der Waals surface area contributed by atoms with Gasteiger partial charge in [0.1, 0.15) is 0 Å². The summed E-state index contributed by atoms with van der Waals surface area (Å²) in [5.41, 5.74) is 6.67. The van der Waals surface area contributed by atoms with Crippen molar-refractivity contribution in [3.8, 4) is 0 Å². The highest BCUT2D eigenvalue weighted by Gasteiger charge is 2.19. The lowest BCUT2D eigenvalue weighted by Gasteiger charge is -2.24. The number of aromatic nitrogens is 2. The fourth-order valence-electron chi connectivity index (χ4n) is 1.34. The SMILES string of the molecule is CSC(C)(C)Cn1cncc1C(N)CO. The quantitative estimate of drug-likeness (QED) is 0.791. The van der Waals surface area contributed by atoms with Gasteiger partial charge in [-0.1, -0.05) is 0 Å². The van der Waals surface area contributed by atoms with Crippen LogP contribution in [-0.4, -0.2) is 32.3 Å². The average molecular weight is 229 g/mol. The number of hydrogen-bond acceptors (Lipinski definition) is 4. The fraction of sp³-hybridized carbons (Fsp3) is 0.700. The molecule has 1 unspecified atom stereocenters. The van der Waals surface area contributed by atoms with Crippen molar-refractivity contribution < 1.29 is 5.11 Å². The predicted octanol–water partition coefficient (Wildman–Crippen LogP) is 1.02. The maximum Gasteiger partial charge on any atom is 0.0949 e. The van der Waals surface area contributed by atoms with Crippen LogP contribution in [0.5, 0.6) is 0 Å². The van der Waals surface area contributed by atoms with Gasteiger partial charge in [-0.15, -0.1) is 0 Å². The van der Waals surface area contributed by atoms with Crippen molar-refractivity contribution >= 4 is 11.8 Å². The lowest BCUT2D eigenvalue weighted by Crippen LogP contribution is -2.26. The summed E-state index contributed by atoms with van der Waals surface area (Å²) in [4.78, 5) is 4.07. The van der Waals surface area contributed by atoms with Gasteiger partial charge < -0.3 is 15.4 Å². The number of hydrogen-bond donors (Lipinski definition) is 2. The summed E-state index contributed by atoms with van der Waals surface area (Å²) in [5, 5.41) is 9.02. The van der Waals surface area contributed by atoms with E-state index in [9.17, 15) is 0 Å². The Morgan fingerprint density at radius 1 is 1.67 bits per heavy atom. The number of aliphatic hydroxyl groups is 1. The summed E-state index contributed by atoms with van der Waals surface area (Å²) < 4.78 is 2.15. The van der Waals surface area contributed by atoms with E-state index in [0.29, 0.717) is 0 Å². The molecule has 0 saturated heterocycles. The Bertz CT molecular complexity index is 311. The second kappa shape index (κ2) is 5.01. The molecule has 0 bridgehead atoms. The minimum Gasteiger partial charge on any atom is -0.394 e. The van der Waals surface area contributed by atoms with Gasteiger partial charge in [0.25, 0.3) is 0 Å². The molecule has 0 radical (unpaired) electrons. The molecule has 1 aromatic rings. The first-order valence-electron chi connectivity index (χ1n) is 4.92. The third-order valence-corrected chi connectivity index (χ3v) is 3.66. The number of nitrogens with zero attached hydrogens (tertiary/aromatic N) is 2. The maximum absolute atomic E-state index is 9.02. The molecule has 1 heterocycles. The predicted molar refractivity (Wildman–Crippen MR) is 63.8 cm³/mol. The molecule has 1 aromatic heterocycles. The van der Waals surface area contributed by atoms with Crippen LogP contribution in [0.3, 0.4) is 0 Å². The van der Waals surface area contributed by atoms with Gasteiger partial charge >= 0.3 is 0 Å². The lowest BCUT2D eigenvalue weighted by atomic mass is 10.2. The van der Waals surface area contributed by atoms with Crippen LogP contribution in [0.25, 0.3) is 0 Å². The first-order valence-corrected chi connectivity index (χ1v) is 6.14. The first-order chi connectivity index (χ1) is 7.00. The molecule has 1 atom stereocenters. The van der Waals surface area contributed by atoms with E-state index < -0.39 is 0 Å². The molecule has 0 aromatic carbocycles. The van der Waals surface area contributed by atoms with Crippen molar-refractivity contribution in [2.75, 3.05) is 12.9 Å². The number of imidazole rings is 1. The molecular formula is C10H19N3OS. The molecule has 0 saturated carbocycles. The normalized spacial score (nSPS) is 14.2. The van der Waals surface area contributed by atoms with Crippen LogP contribution in [0.4, 0.5) is 0 Å². The Morgan fingerprint density at radius 2 is 2.33 bits per heavy atom. The minimum atomic E-state index is -0.342. The molecule has 0 fully saturated rings. The molecule has 0 spiro atoms. The van der Waals surface area contributed by atoms with Gasteiger partial charge in [-0.25, -0.2) is 4.98 Å². The largest absolute Gasteiger partial charge is 0.394 e. The zero-order chi connectivity index (χ0) is 11.5. The molecule has 1 rings (SSSR count). The summed E-state index contributed by atoms with van der Waals surface area (Å²) in [6, 6.07) is -0.342. The van der Waals surface area contributed by atoms with Gasteiger partial charge in [0.2, 0.25) is 0 Å². The lowest BCUT2D eigenvalue weighted by molar-refractivity contribution is 0.262. The molecule has 4 nitrogen and oxygen atoms in total. The van der Waals surface area contributed by atoms with Crippen LogP contribution >= 0.6 is 11.8 Å². The summed E-state index contributed by atoms with van der Waals surface area (Å²) >= 11 is 1.80. The van der Waals surface area contributed by atoms with Crippen LogP contribution in [0.1, 0.15) is 25.6 Å². The molecule has 15 heavy (non-hydrogen) atoms. The van der Waals surface area contributed by atoms with Crippen molar-refractivity contribution in [1.29, 1.82) is 0 Å². The highest BCUT2D eigenvalue weighted by Crippen LogP contribution is 2.24. The number of thioether (sulfide) groups is 1. The summed E-state index contributed by atoms with van der Waals surface area (Å²) in [6.07, 6.45) is 5.57. The number of nitrogens with two attached hydrogens (primary N) is 1. The minimum absolute atomic E-state index is 0.0502. The Balaban J connectivity index is 2.82. The second-order valence-electron chi connectivity index (χ2n) is 4.20. The van der Waals surface area contributed by atoms with Gasteiger partial charge in [-0.05, 0) is 20.1 Å². The van der Waals surface area contributed by atoms with E-state index >= 15 is 0 Å². The smallest absolute Gasteiger partial charge is 0.0949 e. The second-order valence-corrected chi connectivity index (χ2v) is 5.71. The Kier molecular flexibility index (Phi) is 4.19. The zero-order valence-corrected chi connectivity index (χ0v) is 10.3. The van der Waals surface area contributed by atoms with Gasteiger partial charge in [0.05, 0.1) is 24.7 Å². The summed E-state index contributed by atoms with van der Waals surface area (Å²) in [7, 11) is 0. The van der Waals surface area contributed by atoms with E-state index in [-0.39, 0.29) is 17.4 Å². The van der Waals surface area contributed by atoms with Crippen LogP contribution < -0.4 is 5.73 Å². The maximum atomic E-state index is 9.02. The Morgan fingerprint density at radius 3 is 2.87 bits per heavy atom. The van der Waals surface area contributed by atoms with Crippen molar-refractivity contribution in [1.82, 2.24) is 9.55 Å². The standard InChI is InChI=1S/C10H19N3OS/c1-10(2,15-3)6-13-7-12-4-9(13)8(11)5-14/h4,7-8,14H,5-6,11H2,1-3H3.